The van der Waals surface area contributed by atoms with Crippen molar-refractivity contribution in [1.82, 2.24) is 0 Å². The Bertz CT molecular complexity index is 1000. The number of aliphatic hydroxyl groups excluding tert-OH is 2. The third-order valence-corrected chi connectivity index (χ3v) is 9.88. The maximum Gasteiger partial charge on any atom is 0.0459 e. The first-order chi connectivity index (χ1) is 19.9. The molecular formula is C53H116O2. The predicted molar refractivity (Wildman–Crippen MR) is 272 cm³/mol. The van der Waals surface area contributed by atoms with Gasteiger partial charge in [-0.2, -0.15) is 0 Å². The number of hydrogen-bond acceptors (Lipinski definition) is 2. The Morgan fingerprint density at radius 3 is 1.25 bits per heavy atom. The Kier molecular flexibility index (Phi) is 75.2. The van der Waals surface area contributed by atoms with Crippen molar-refractivity contribution in [2.75, 3.05) is 13.2 Å². The molecule has 0 radical (unpaired) electrons. The van der Waals surface area contributed by atoms with Crippen LogP contribution >= 0.6 is 0 Å². The molecule has 0 aliphatic heterocycles. The van der Waals surface area contributed by atoms with Gasteiger partial charge in [0.1, 0.15) is 0 Å². The molecule has 7 atom stereocenters. The third-order valence-electron chi connectivity index (χ3n) is 9.88. The van der Waals surface area contributed by atoms with Gasteiger partial charge in [0.05, 0.1) is 0 Å². The largest absolute Gasteiger partial charge is 0.396 e. The van der Waals surface area contributed by atoms with E-state index in [9.17, 15) is 10.2 Å². The maximum absolute atomic E-state index is 9.52. The second-order valence-electron chi connectivity index (χ2n) is 13.9. The molecule has 0 heterocycles. The van der Waals surface area contributed by atoms with Crippen molar-refractivity contribution in [2.45, 2.75) is 209 Å². The molecule has 0 saturated heterocycles. The summed E-state index contributed by atoms with van der Waals surface area (Å²) in [6.45, 7) is 26.6. The van der Waals surface area contributed by atoms with Crippen molar-refractivity contribution in [2.24, 2.45) is 28.6 Å². The minimum Gasteiger partial charge on any atom is -0.396 e. The van der Waals surface area contributed by atoms with Crippen molar-refractivity contribution in [3.63, 3.8) is 0 Å². The molecule has 340 valence electrons. The van der Waals surface area contributed by atoms with Crippen molar-refractivity contribution in [1.29, 1.82) is 0 Å². The molecule has 2 N–H and O–H groups in total. The average molecular weight is 786 g/mol. The molecule has 0 fully saturated rings. The minimum atomic E-state index is 0. The molecule has 2 heteroatoms. The summed E-state index contributed by atoms with van der Waals surface area (Å²) >= 11 is 0. The molecule has 0 aromatic heterocycles. The summed E-state index contributed by atoms with van der Waals surface area (Å²) in [4.78, 5) is 0. The maximum atomic E-state index is 9.52. The van der Waals surface area contributed by atoms with Gasteiger partial charge in [0, 0.05) is 13.2 Å². The molecule has 0 aliphatic rings. The molecule has 2 aromatic rings. The van der Waals surface area contributed by atoms with Crippen LogP contribution in [0, 0.1) is 28.6 Å². The highest BCUT2D eigenvalue weighted by Gasteiger charge is 2.31. The smallest absolute Gasteiger partial charge is 0.0459 e. The minimum absolute atomic E-state index is 0. The number of rotatable bonds is 18. The van der Waals surface area contributed by atoms with Crippen LogP contribution in [-0.2, 0) is 0 Å². The molecule has 0 aliphatic carbocycles. The van der Waals surface area contributed by atoms with Crippen LogP contribution in [0.15, 0.2) is 85.5 Å². The van der Waals surface area contributed by atoms with Gasteiger partial charge < -0.3 is 10.2 Å². The summed E-state index contributed by atoms with van der Waals surface area (Å²) in [5.41, 5.74) is 4.41. The van der Waals surface area contributed by atoms with Gasteiger partial charge in [0.15, 0.2) is 0 Å². The second kappa shape index (κ2) is 46.2. The van der Waals surface area contributed by atoms with Crippen LogP contribution in [0.3, 0.4) is 0 Å². The molecule has 2 rings (SSSR count). The van der Waals surface area contributed by atoms with E-state index in [4.69, 9.17) is 0 Å². The summed E-state index contributed by atoms with van der Waals surface area (Å²) in [6, 6.07) is 21.6. The number of allylic oxidation sites excluding steroid dienone is 2. The van der Waals surface area contributed by atoms with Crippen molar-refractivity contribution >= 4 is 0 Å². The lowest BCUT2D eigenvalue weighted by Gasteiger charge is -2.36. The monoisotopic (exact) mass is 785 g/mol. The standard InChI is InChI=1S/C20H34O2.C20H30.13CH4/c1-5-18(19-9-7-6-8-10-19)14-20(4,11-12-21)13-16(2)17(3)15-22;1-7-18(19-12-10-9-11-13-19)15-20(6,8-2)14-17(5)16(3)4;;;;;;;;;;;;;/h6-10,16-18,21-22H,5,11-15H2,1-4H3;8-13,17-18H,2-3,7,14-15H2,1,4-6H3;13*1H4. The summed E-state index contributed by atoms with van der Waals surface area (Å²) in [5, 5.41) is 18.9. The van der Waals surface area contributed by atoms with E-state index in [1.54, 1.807) is 0 Å². The van der Waals surface area contributed by atoms with E-state index >= 15 is 0 Å². The van der Waals surface area contributed by atoms with Crippen molar-refractivity contribution < 1.29 is 10.2 Å². The normalized spacial score (nSPS) is 13.6. The van der Waals surface area contributed by atoms with E-state index in [0.29, 0.717) is 29.6 Å². The zero-order chi connectivity index (χ0) is 31.8. The molecule has 0 saturated carbocycles. The first-order valence-electron chi connectivity index (χ1n) is 16.5. The van der Waals surface area contributed by atoms with Gasteiger partial charge in [-0.25, -0.2) is 0 Å². The number of aliphatic hydroxyl groups is 2. The highest BCUT2D eigenvalue weighted by Crippen LogP contribution is 2.42. The van der Waals surface area contributed by atoms with Crippen LogP contribution in [-0.4, -0.2) is 23.4 Å². The Labute approximate surface area is 356 Å². The van der Waals surface area contributed by atoms with Gasteiger partial charge >= 0.3 is 0 Å². The van der Waals surface area contributed by atoms with Crippen LogP contribution in [0.1, 0.15) is 220 Å². The molecule has 2 nitrogen and oxygen atoms in total. The fraction of sp³-hybridized carbons (Fsp3) is 0.698. The SMILES string of the molecule is C.C.C.C.C.C.C.C.C.C.C.C.C.C=CC(C)(CC(C)C(=C)C)CC(CC)c1ccccc1.CCC(CC(C)(CCO)CC(C)C(C)CO)c1ccccc1. The molecule has 0 bridgehead atoms. The molecule has 0 spiro atoms. The fourth-order valence-corrected chi connectivity index (χ4v) is 6.44. The van der Waals surface area contributed by atoms with Gasteiger partial charge in [-0.05, 0) is 103 Å². The molecular weight excluding hydrogens is 669 g/mol. The van der Waals surface area contributed by atoms with E-state index in [2.05, 4.69) is 135 Å². The predicted octanol–water partition coefficient (Wildman–Crippen LogP) is 19.2. The Hall–Kier alpha value is -2.16. The van der Waals surface area contributed by atoms with Crippen LogP contribution in [0.25, 0.3) is 0 Å². The van der Waals surface area contributed by atoms with Crippen LogP contribution in [0.2, 0.25) is 0 Å². The van der Waals surface area contributed by atoms with Gasteiger partial charge in [-0.3, -0.25) is 0 Å². The second-order valence-corrected chi connectivity index (χ2v) is 13.9. The highest BCUT2D eigenvalue weighted by atomic mass is 16.3. The lowest BCUT2D eigenvalue weighted by Crippen LogP contribution is -2.27. The van der Waals surface area contributed by atoms with Crippen molar-refractivity contribution in [3.05, 3.63) is 96.6 Å². The van der Waals surface area contributed by atoms with Gasteiger partial charge in [0.2, 0.25) is 0 Å². The summed E-state index contributed by atoms with van der Waals surface area (Å²) in [7, 11) is 0. The molecule has 7 unspecified atom stereocenters. The van der Waals surface area contributed by atoms with Crippen LogP contribution < -0.4 is 0 Å². The summed E-state index contributed by atoms with van der Waals surface area (Å²) < 4.78 is 0. The first kappa shape index (κ1) is 89.5. The molecule has 2 aromatic carbocycles. The average Bonchev–Trinajstić information content (AvgIpc) is 2.99. The molecule has 55 heavy (non-hydrogen) atoms. The van der Waals surface area contributed by atoms with Gasteiger partial charge in [-0.15, -0.1) is 6.58 Å². The first-order valence-corrected chi connectivity index (χ1v) is 16.5. The third kappa shape index (κ3) is 32.6. The van der Waals surface area contributed by atoms with E-state index in [1.807, 2.05) is 0 Å². The fourth-order valence-electron chi connectivity index (χ4n) is 6.44. The van der Waals surface area contributed by atoms with Gasteiger partial charge in [0.25, 0.3) is 0 Å². The molecule has 0 amide bonds. The van der Waals surface area contributed by atoms with Gasteiger partial charge in [-0.1, -0.05) is 224 Å². The van der Waals surface area contributed by atoms with E-state index < -0.39 is 0 Å². The number of hydrogen-bond donors (Lipinski definition) is 2. The van der Waals surface area contributed by atoms with Crippen LogP contribution in [0.5, 0.6) is 0 Å². The zero-order valence-corrected chi connectivity index (χ0v) is 28.4. The lowest BCUT2D eigenvalue weighted by molar-refractivity contribution is 0.110. The zero-order valence-electron chi connectivity index (χ0n) is 28.4. The van der Waals surface area contributed by atoms with Crippen LogP contribution in [0.4, 0.5) is 0 Å². The highest BCUT2D eigenvalue weighted by molar-refractivity contribution is 5.21. The Morgan fingerprint density at radius 2 is 0.964 bits per heavy atom. The lowest BCUT2D eigenvalue weighted by atomic mass is 9.69. The number of benzene rings is 2. The summed E-state index contributed by atoms with van der Waals surface area (Å²) in [5.74, 6) is 2.47. The van der Waals surface area contributed by atoms with E-state index in [0.717, 1.165) is 38.5 Å². The quantitative estimate of drug-likeness (QED) is 0.148. The Balaban J connectivity index is -0.0000000473. The Morgan fingerprint density at radius 1 is 0.600 bits per heavy atom. The summed E-state index contributed by atoms with van der Waals surface area (Å²) in [6.07, 6.45) is 9.72. The van der Waals surface area contributed by atoms with Crippen molar-refractivity contribution in [3.8, 4) is 0 Å². The van der Waals surface area contributed by atoms with E-state index in [-0.39, 0.29) is 121 Å². The topological polar surface area (TPSA) is 40.5 Å². The van der Waals surface area contributed by atoms with E-state index in [1.165, 1.54) is 23.1 Å².